The lowest BCUT2D eigenvalue weighted by Gasteiger charge is -2.27. The second-order valence-electron chi connectivity index (χ2n) is 9.34. The Morgan fingerprint density at radius 1 is 0.829 bits per heavy atom. The van der Waals surface area contributed by atoms with Crippen LogP contribution in [0, 0.1) is 25.7 Å². The van der Waals surface area contributed by atoms with E-state index in [4.69, 9.17) is 16.3 Å². The molecule has 0 aromatic heterocycles. The molecule has 3 aromatic carbocycles. The minimum absolute atomic E-state index is 0.206. The van der Waals surface area contributed by atoms with Gasteiger partial charge in [-0.2, -0.15) is 0 Å². The average molecular weight is 486 g/mol. The Hall–Kier alpha value is -3.61. The van der Waals surface area contributed by atoms with Gasteiger partial charge in [0.25, 0.3) is 0 Å². The number of carbonyl (C=O) groups is 4. The Labute approximate surface area is 206 Å². The number of hydrogen-bond acceptors (Lipinski definition) is 5. The van der Waals surface area contributed by atoms with Crippen molar-refractivity contribution in [3.05, 3.63) is 99.6 Å². The molecular weight excluding hydrogens is 466 g/mol. The van der Waals surface area contributed by atoms with E-state index in [0.717, 1.165) is 16.0 Å². The Bertz CT molecular complexity index is 1430. The number of imide groups is 1. The number of anilines is 1. The number of halogens is 1. The topological polar surface area (TPSA) is 80.8 Å². The smallest absolute Gasteiger partial charge is 0.241 e. The monoisotopic (exact) mass is 485 g/mol. The largest absolute Gasteiger partial charge is 0.349 e. The highest BCUT2D eigenvalue weighted by Crippen LogP contribution is 2.57. The molecule has 1 aliphatic carbocycles. The number of nitrogens with zero attached hydrogens (tertiary/aromatic N) is 1. The van der Waals surface area contributed by atoms with Crippen LogP contribution in [0.4, 0.5) is 5.69 Å². The zero-order chi connectivity index (χ0) is 24.6. The third-order valence-corrected chi connectivity index (χ3v) is 7.75. The normalized spacial score (nSPS) is 24.4. The number of benzene rings is 3. The summed E-state index contributed by atoms with van der Waals surface area (Å²) < 4.78 is 6.28. The lowest BCUT2D eigenvalue weighted by molar-refractivity contribution is -0.127. The highest BCUT2D eigenvalue weighted by atomic mass is 35.5. The summed E-state index contributed by atoms with van der Waals surface area (Å²) in [4.78, 5) is 56.3. The molecule has 0 unspecified atom stereocenters. The van der Waals surface area contributed by atoms with Crippen LogP contribution in [0.3, 0.4) is 0 Å². The summed E-state index contributed by atoms with van der Waals surface area (Å²) in [5.41, 5.74) is 1.06. The van der Waals surface area contributed by atoms with Gasteiger partial charge in [-0.25, -0.2) is 4.90 Å². The zero-order valence-corrected chi connectivity index (χ0v) is 19.7. The number of carbonyl (C=O) groups excluding carboxylic acids is 4. The average Bonchev–Trinajstić information content (AvgIpc) is 3.41. The van der Waals surface area contributed by atoms with Crippen LogP contribution in [0.15, 0.2) is 66.7 Å². The van der Waals surface area contributed by atoms with Gasteiger partial charge in [0.15, 0.2) is 0 Å². The van der Waals surface area contributed by atoms with Crippen molar-refractivity contribution in [3.8, 4) is 0 Å². The van der Waals surface area contributed by atoms with E-state index in [-0.39, 0.29) is 11.1 Å². The van der Waals surface area contributed by atoms with Gasteiger partial charge >= 0.3 is 0 Å². The van der Waals surface area contributed by atoms with E-state index in [1.165, 1.54) is 0 Å². The van der Waals surface area contributed by atoms with Gasteiger partial charge in [0.05, 0.1) is 23.6 Å². The first-order valence-electron chi connectivity index (χ1n) is 11.3. The predicted octanol–water partition coefficient (Wildman–Crippen LogP) is 4.65. The van der Waals surface area contributed by atoms with Crippen LogP contribution < -0.4 is 4.90 Å². The standard InChI is InChI=1S/C28H20ClNO5/c1-14-7-10-16(11-8-14)23-21-22(27(34)30(26(21)33)17-12-9-15(2)20(29)13-17)28(35-23)24(31)18-5-3-4-6-19(18)25(28)32/h3-13,21-23H,1-2H3/t21-,22-,23+/m0/s1. The molecule has 7 heteroatoms. The van der Waals surface area contributed by atoms with Gasteiger partial charge in [0, 0.05) is 16.1 Å². The molecule has 0 saturated carbocycles. The van der Waals surface area contributed by atoms with E-state index in [0.29, 0.717) is 16.3 Å². The number of ether oxygens (including phenoxy) is 1. The van der Waals surface area contributed by atoms with Gasteiger partial charge in [0.2, 0.25) is 29.0 Å². The van der Waals surface area contributed by atoms with E-state index in [9.17, 15) is 19.2 Å². The fourth-order valence-electron chi connectivity index (χ4n) is 5.55. The Morgan fingerprint density at radius 3 is 2.06 bits per heavy atom. The van der Waals surface area contributed by atoms with Gasteiger partial charge in [-0.3, -0.25) is 19.2 Å². The van der Waals surface area contributed by atoms with Crippen LogP contribution in [0.1, 0.15) is 43.5 Å². The summed E-state index contributed by atoms with van der Waals surface area (Å²) in [6.07, 6.45) is -0.940. The molecule has 2 saturated heterocycles. The van der Waals surface area contributed by atoms with E-state index >= 15 is 0 Å². The summed E-state index contributed by atoms with van der Waals surface area (Å²) >= 11 is 6.29. The molecule has 3 aliphatic rings. The summed E-state index contributed by atoms with van der Waals surface area (Å²) in [6.45, 7) is 3.75. The van der Waals surface area contributed by atoms with Crippen LogP contribution in [0.5, 0.6) is 0 Å². The SMILES string of the molecule is Cc1ccc([C@H]2OC3(C(=O)c4ccccc4C3=O)[C@@H]3C(=O)N(c4ccc(C)c(Cl)c4)C(=O)[C@H]23)cc1. The van der Waals surface area contributed by atoms with E-state index < -0.39 is 46.9 Å². The zero-order valence-electron chi connectivity index (χ0n) is 18.9. The van der Waals surface area contributed by atoms with Crippen LogP contribution in [0.2, 0.25) is 5.02 Å². The number of fused-ring (bicyclic) bond motifs is 3. The number of rotatable bonds is 2. The van der Waals surface area contributed by atoms with Crippen molar-refractivity contribution in [2.45, 2.75) is 25.6 Å². The molecule has 6 nitrogen and oxygen atoms in total. The minimum Gasteiger partial charge on any atom is -0.349 e. The third kappa shape index (κ3) is 2.81. The van der Waals surface area contributed by atoms with Crippen molar-refractivity contribution >= 4 is 40.7 Å². The molecule has 3 atom stereocenters. The molecule has 6 rings (SSSR count). The fraction of sp³-hybridized carbons (Fsp3) is 0.214. The fourth-order valence-corrected chi connectivity index (χ4v) is 5.72. The van der Waals surface area contributed by atoms with Gasteiger partial charge in [0.1, 0.15) is 0 Å². The molecule has 2 heterocycles. The highest BCUT2D eigenvalue weighted by Gasteiger charge is 2.74. The first kappa shape index (κ1) is 21.9. The molecule has 35 heavy (non-hydrogen) atoms. The maximum Gasteiger partial charge on any atom is 0.241 e. The quantitative estimate of drug-likeness (QED) is 0.390. The maximum absolute atomic E-state index is 13.9. The molecule has 174 valence electrons. The van der Waals surface area contributed by atoms with Crippen molar-refractivity contribution in [1.29, 1.82) is 0 Å². The summed E-state index contributed by atoms with van der Waals surface area (Å²) in [7, 11) is 0. The van der Waals surface area contributed by atoms with Gasteiger partial charge in [-0.05, 0) is 37.1 Å². The molecule has 1 spiro atoms. The first-order chi connectivity index (χ1) is 16.8. The Morgan fingerprint density at radius 2 is 1.46 bits per heavy atom. The minimum atomic E-state index is -2.08. The molecule has 0 radical (unpaired) electrons. The van der Waals surface area contributed by atoms with Crippen LogP contribution in [-0.4, -0.2) is 29.0 Å². The number of Topliss-reactive ketones (excluding diaryl/α,β-unsaturated/α-hetero) is 2. The molecule has 2 aliphatic heterocycles. The second-order valence-corrected chi connectivity index (χ2v) is 9.74. The molecular formula is C28H20ClNO5. The lowest BCUT2D eigenvalue weighted by Crippen LogP contribution is -2.51. The van der Waals surface area contributed by atoms with Crippen molar-refractivity contribution < 1.29 is 23.9 Å². The van der Waals surface area contributed by atoms with Crippen LogP contribution >= 0.6 is 11.6 Å². The Balaban J connectivity index is 1.54. The van der Waals surface area contributed by atoms with Crippen LogP contribution in [-0.2, 0) is 14.3 Å². The number of aryl methyl sites for hydroxylation is 2. The van der Waals surface area contributed by atoms with Crippen molar-refractivity contribution in [2.24, 2.45) is 11.8 Å². The molecule has 0 N–H and O–H groups in total. The maximum atomic E-state index is 13.9. The predicted molar refractivity (Wildman–Crippen MR) is 129 cm³/mol. The second kappa shape index (κ2) is 7.44. The summed E-state index contributed by atoms with van der Waals surface area (Å²) in [6, 6.07) is 18.7. The molecule has 2 fully saturated rings. The van der Waals surface area contributed by atoms with Gasteiger partial charge in [-0.15, -0.1) is 0 Å². The highest BCUT2D eigenvalue weighted by molar-refractivity contribution is 6.37. The number of ketones is 2. The summed E-state index contributed by atoms with van der Waals surface area (Å²) in [5, 5.41) is 0.404. The van der Waals surface area contributed by atoms with Gasteiger partial charge < -0.3 is 4.74 Å². The van der Waals surface area contributed by atoms with E-state index in [1.807, 2.05) is 26.0 Å². The van der Waals surface area contributed by atoms with E-state index in [1.54, 1.807) is 54.6 Å². The first-order valence-corrected chi connectivity index (χ1v) is 11.7. The van der Waals surface area contributed by atoms with Crippen molar-refractivity contribution in [2.75, 3.05) is 4.90 Å². The molecule has 0 bridgehead atoms. The van der Waals surface area contributed by atoms with E-state index in [2.05, 4.69) is 0 Å². The summed E-state index contributed by atoms with van der Waals surface area (Å²) in [5.74, 6) is -4.62. The molecule has 3 aromatic rings. The van der Waals surface area contributed by atoms with Gasteiger partial charge in [-0.1, -0.05) is 71.8 Å². The Kier molecular flexibility index (Phi) is 4.66. The van der Waals surface area contributed by atoms with Crippen LogP contribution in [0.25, 0.3) is 0 Å². The number of amides is 2. The molecule has 2 amide bonds. The number of hydrogen-bond donors (Lipinski definition) is 0. The third-order valence-electron chi connectivity index (χ3n) is 7.34. The van der Waals surface area contributed by atoms with Crippen molar-refractivity contribution in [3.63, 3.8) is 0 Å². The van der Waals surface area contributed by atoms with Crippen molar-refractivity contribution in [1.82, 2.24) is 0 Å². The lowest BCUT2D eigenvalue weighted by atomic mass is 9.77.